The maximum atomic E-state index is 13.3. The lowest BCUT2D eigenvalue weighted by molar-refractivity contribution is 0.00459. The molecule has 0 radical (unpaired) electrons. The Morgan fingerprint density at radius 1 is 1.16 bits per heavy atom. The van der Waals surface area contributed by atoms with Gasteiger partial charge in [-0.25, -0.2) is 4.39 Å². The Morgan fingerprint density at radius 2 is 1.89 bits per heavy atom. The van der Waals surface area contributed by atoms with Crippen molar-refractivity contribution in [2.45, 2.75) is 37.8 Å². The molecule has 19 heavy (non-hydrogen) atoms. The molecule has 1 N–H and O–H groups in total. The Labute approximate surface area is 113 Å². The Bertz CT molecular complexity index is 444. The van der Waals surface area contributed by atoms with Gasteiger partial charge in [0.2, 0.25) is 0 Å². The number of ether oxygens (including phenoxy) is 1. The summed E-state index contributed by atoms with van der Waals surface area (Å²) < 4.78 is 19.0. The zero-order chi connectivity index (χ0) is 13.2. The Kier molecular flexibility index (Phi) is 3.71. The van der Waals surface area contributed by atoms with Crippen molar-refractivity contribution < 1.29 is 14.2 Å². The van der Waals surface area contributed by atoms with Crippen molar-refractivity contribution in [3.63, 3.8) is 0 Å². The standard InChI is InChI=1S/C15H20FNO2/c16-11-5-6-14-12(9-11)15(18)13(10-19-14)17-7-3-1-2-4-8-17/h5-6,9,13,15,18H,1-4,7-8,10H2. The molecule has 2 aliphatic heterocycles. The zero-order valence-electron chi connectivity index (χ0n) is 11.0. The summed E-state index contributed by atoms with van der Waals surface area (Å²) in [6.45, 7) is 2.48. The molecule has 0 bridgehead atoms. The molecule has 1 fully saturated rings. The van der Waals surface area contributed by atoms with Crippen molar-refractivity contribution in [2.24, 2.45) is 0 Å². The lowest BCUT2D eigenvalue weighted by Crippen LogP contribution is -2.46. The molecule has 0 amide bonds. The van der Waals surface area contributed by atoms with Gasteiger partial charge in [0.15, 0.2) is 0 Å². The highest BCUT2D eigenvalue weighted by Crippen LogP contribution is 2.35. The summed E-state index contributed by atoms with van der Waals surface area (Å²) >= 11 is 0. The van der Waals surface area contributed by atoms with Crippen LogP contribution >= 0.6 is 0 Å². The topological polar surface area (TPSA) is 32.7 Å². The number of aliphatic hydroxyl groups excluding tert-OH is 1. The average Bonchev–Trinajstić information content (AvgIpc) is 2.69. The first kappa shape index (κ1) is 12.9. The van der Waals surface area contributed by atoms with Crippen molar-refractivity contribution >= 4 is 0 Å². The van der Waals surface area contributed by atoms with E-state index in [2.05, 4.69) is 4.90 Å². The van der Waals surface area contributed by atoms with Crippen LogP contribution in [-0.2, 0) is 0 Å². The van der Waals surface area contributed by atoms with E-state index in [0.29, 0.717) is 17.9 Å². The molecule has 0 aliphatic carbocycles. The SMILES string of the molecule is OC1c2cc(F)ccc2OCC1N1CCCCCC1. The summed E-state index contributed by atoms with van der Waals surface area (Å²) in [5, 5.41) is 10.5. The summed E-state index contributed by atoms with van der Waals surface area (Å²) in [4.78, 5) is 2.30. The van der Waals surface area contributed by atoms with Crippen molar-refractivity contribution in [3.8, 4) is 5.75 Å². The largest absolute Gasteiger partial charge is 0.491 e. The maximum absolute atomic E-state index is 13.3. The predicted octanol–water partition coefficient (Wildman–Crippen LogP) is 2.50. The quantitative estimate of drug-likeness (QED) is 0.847. The third kappa shape index (κ3) is 2.60. The van der Waals surface area contributed by atoms with Gasteiger partial charge in [-0.05, 0) is 44.1 Å². The molecule has 2 aliphatic rings. The number of aliphatic hydroxyl groups is 1. The third-order valence-corrected chi connectivity index (χ3v) is 4.17. The molecular weight excluding hydrogens is 245 g/mol. The molecular formula is C15H20FNO2. The van der Waals surface area contributed by atoms with Gasteiger partial charge in [0.1, 0.15) is 24.3 Å². The van der Waals surface area contributed by atoms with Crippen LogP contribution in [0.4, 0.5) is 4.39 Å². The minimum Gasteiger partial charge on any atom is -0.491 e. The van der Waals surface area contributed by atoms with Gasteiger partial charge in [-0.15, -0.1) is 0 Å². The van der Waals surface area contributed by atoms with E-state index in [4.69, 9.17) is 4.74 Å². The van der Waals surface area contributed by atoms with E-state index >= 15 is 0 Å². The highest BCUT2D eigenvalue weighted by Gasteiger charge is 2.34. The van der Waals surface area contributed by atoms with Crippen molar-refractivity contribution in [1.82, 2.24) is 4.90 Å². The van der Waals surface area contributed by atoms with E-state index in [1.807, 2.05) is 0 Å². The molecule has 104 valence electrons. The first-order chi connectivity index (χ1) is 9.25. The number of likely N-dealkylation sites (tertiary alicyclic amines) is 1. The van der Waals surface area contributed by atoms with Gasteiger partial charge in [0.25, 0.3) is 0 Å². The number of nitrogens with zero attached hydrogens (tertiary/aromatic N) is 1. The molecule has 0 saturated carbocycles. The van der Waals surface area contributed by atoms with Gasteiger partial charge in [0, 0.05) is 5.56 Å². The third-order valence-electron chi connectivity index (χ3n) is 4.17. The van der Waals surface area contributed by atoms with E-state index in [-0.39, 0.29) is 11.9 Å². The van der Waals surface area contributed by atoms with Crippen LogP contribution in [0, 0.1) is 5.82 Å². The number of benzene rings is 1. The lowest BCUT2D eigenvalue weighted by atomic mass is 9.97. The summed E-state index contributed by atoms with van der Waals surface area (Å²) in [5.41, 5.74) is 0.584. The van der Waals surface area contributed by atoms with Gasteiger partial charge in [-0.3, -0.25) is 4.90 Å². The molecule has 0 spiro atoms. The smallest absolute Gasteiger partial charge is 0.125 e. The second-order valence-corrected chi connectivity index (χ2v) is 5.46. The minimum atomic E-state index is -0.655. The van der Waals surface area contributed by atoms with Crippen molar-refractivity contribution in [3.05, 3.63) is 29.6 Å². The van der Waals surface area contributed by atoms with Crippen LogP contribution in [0.15, 0.2) is 18.2 Å². The van der Waals surface area contributed by atoms with Crippen LogP contribution < -0.4 is 4.74 Å². The molecule has 3 nitrogen and oxygen atoms in total. The second kappa shape index (κ2) is 5.47. The summed E-state index contributed by atoms with van der Waals surface area (Å²) in [7, 11) is 0. The van der Waals surface area contributed by atoms with Crippen LogP contribution in [0.25, 0.3) is 0 Å². The summed E-state index contributed by atoms with van der Waals surface area (Å²) in [6, 6.07) is 4.32. The summed E-state index contributed by atoms with van der Waals surface area (Å²) in [5.74, 6) is 0.290. The molecule has 0 aromatic heterocycles. The zero-order valence-corrected chi connectivity index (χ0v) is 11.0. The fraction of sp³-hybridized carbons (Fsp3) is 0.600. The van der Waals surface area contributed by atoms with E-state index in [1.165, 1.54) is 37.8 Å². The molecule has 2 atom stereocenters. The Balaban J connectivity index is 1.81. The van der Waals surface area contributed by atoms with Gasteiger partial charge in [-0.1, -0.05) is 12.8 Å². The molecule has 1 aromatic rings. The van der Waals surface area contributed by atoms with Gasteiger partial charge in [-0.2, -0.15) is 0 Å². The van der Waals surface area contributed by atoms with Crippen LogP contribution in [0.3, 0.4) is 0 Å². The lowest BCUT2D eigenvalue weighted by Gasteiger charge is -2.37. The fourth-order valence-corrected chi connectivity index (χ4v) is 3.09. The first-order valence-corrected chi connectivity index (χ1v) is 7.10. The number of fused-ring (bicyclic) bond motifs is 1. The van der Waals surface area contributed by atoms with Gasteiger partial charge in [0.05, 0.1) is 6.04 Å². The Morgan fingerprint density at radius 3 is 2.63 bits per heavy atom. The highest BCUT2D eigenvalue weighted by molar-refractivity contribution is 5.38. The molecule has 1 saturated heterocycles. The fourth-order valence-electron chi connectivity index (χ4n) is 3.09. The van der Waals surface area contributed by atoms with Crippen LogP contribution in [0.1, 0.15) is 37.4 Å². The number of halogens is 1. The van der Waals surface area contributed by atoms with E-state index < -0.39 is 6.10 Å². The van der Waals surface area contributed by atoms with Gasteiger partial charge < -0.3 is 9.84 Å². The van der Waals surface area contributed by atoms with Crippen LogP contribution in [0.5, 0.6) is 5.75 Å². The predicted molar refractivity (Wildman–Crippen MR) is 70.7 cm³/mol. The molecule has 2 heterocycles. The van der Waals surface area contributed by atoms with Crippen LogP contribution in [0.2, 0.25) is 0 Å². The average molecular weight is 265 g/mol. The Hall–Kier alpha value is -1.13. The first-order valence-electron chi connectivity index (χ1n) is 7.10. The highest BCUT2D eigenvalue weighted by atomic mass is 19.1. The molecule has 3 rings (SSSR count). The van der Waals surface area contributed by atoms with E-state index in [9.17, 15) is 9.50 Å². The molecule has 2 unspecified atom stereocenters. The summed E-state index contributed by atoms with van der Waals surface area (Å²) in [6.07, 6.45) is 4.19. The minimum absolute atomic E-state index is 0.0487. The van der Waals surface area contributed by atoms with Crippen molar-refractivity contribution in [2.75, 3.05) is 19.7 Å². The normalized spacial score (nSPS) is 28.3. The molecule has 1 aromatic carbocycles. The monoisotopic (exact) mass is 265 g/mol. The second-order valence-electron chi connectivity index (χ2n) is 5.46. The number of hydrogen-bond acceptors (Lipinski definition) is 3. The van der Waals surface area contributed by atoms with E-state index in [0.717, 1.165) is 13.1 Å². The molecule has 4 heteroatoms. The van der Waals surface area contributed by atoms with Gasteiger partial charge >= 0.3 is 0 Å². The number of hydrogen-bond donors (Lipinski definition) is 1. The van der Waals surface area contributed by atoms with E-state index in [1.54, 1.807) is 6.07 Å². The van der Waals surface area contributed by atoms with Crippen molar-refractivity contribution in [1.29, 1.82) is 0 Å². The maximum Gasteiger partial charge on any atom is 0.125 e. The number of rotatable bonds is 1. The van der Waals surface area contributed by atoms with Crippen LogP contribution in [-0.4, -0.2) is 35.7 Å².